The molecule has 1 amide bonds. The number of hydrogen-bond acceptors (Lipinski definition) is 4. The van der Waals surface area contributed by atoms with Crippen LogP contribution in [0.3, 0.4) is 0 Å². The Hall–Kier alpha value is -2.86. The van der Waals surface area contributed by atoms with Crippen molar-refractivity contribution in [3.63, 3.8) is 0 Å². The summed E-state index contributed by atoms with van der Waals surface area (Å²) in [7, 11) is 0. The summed E-state index contributed by atoms with van der Waals surface area (Å²) in [5.41, 5.74) is 4.59. The molecule has 6 heteroatoms. The fraction of sp³-hybridized carbons (Fsp3) is 0.300. The maximum atomic E-state index is 12.2. The largest absolute Gasteiger partial charge is 0.481 e. The molecule has 0 spiro atoms. The Morgan fingerprint density at radius 2 is 1.65 bits per heavy atom. The third-order valence-electron chi connectivity index (χ3n) is 5.04. The number of fused-ring (bicyclic) bond motifs is 3. The minimum Gasteiger partial charge on any atom is -0.481 e. The highest BCUT2D eigenvalue weighted by molar-refractivity contribution is 5.79. The number of alkyl carbamates (subject to hydrolysis) is 1. The monoisotopic (exact) mass is 353 g/mol. The molecule has 0 unspecified atom stereocenters. The molecule has 1 saturated heterocycles. The van der Waals surface area contributed by atoms with Crippen molar-refractivity contribution in [2.24, 2.45) is 5.92 Å². The summed E-state index contributed by atoms with van der Waals surface area (Å²) in [5.74, 6) is -1.75. The molecule has 0 radical (unpaired) electrons. The van der Waals surface area contributed by atoms with Gasteiger partial charge in [0.15, 0.2) is 0 Å². The Morgan fingerprint density at radius 1 is 1.04 bits per heavy atom. The van der Waals surface area contributed by atoms with Gasteiger partial charge in [-0.2, -0.15) is 0 Å². The highest BCUT2D eigenvalue weighted by Gasteiger charge is 2.36. The van der Waals surface area contributed by atoms with Gasteiger partial charge in [-0.3, -0.25) is 4.79 Å². The molecule has 2 N–H and O–H groups in total. The van der Waals surface area contributed by atoms with Crippen molar-refractivity contribution in [3.8, 4) is 11.1 Å². The Balaban J connectivity index is 1.45. The molecule has 2 aromatic carbocycles. The summed E-state index contributed by atoms with van der Waals surface area (Å²) >= 11 is 0. The van der Waals surface area contributed by atoms with E-state index in [9.17, 15) is 9.59 Å². The van der Waals surface area contributed by atoms with Crippen molar-refractivity contribution in [2.75, 3.05) is 19.8 Å². The molecule has 1 fully saturated rings. The highest BCUT2D eigenvalue weighted by Crippen LogP contribution is 2.44. The lowest BCUT2D eigenvalue weighted by Crippen LogP contribution is -2.43. The molecule has 6 nitrogen and oxygen atoms in total. The molecule has 26 heavy (non-hydrogen) atoms. The van der Waals surface area contributed by atoms with E-state index in [0.717, 1.165) is 22.3 Å². The molecule has 1 aliphatic heterocycles. The smallest absolute Gasteiger partial charge is 0.407 e. The van der Waals surface area contributed by atoms with Gasteiger partial charge in [0.25, 0.3) is 0 Å². The molecule has 0 aromatic heterocycles. The Bertz CT molecular complexity index is 804. The van der Waals surface area contributed by atoms with Gasteiger partial charge in [0.05, 0.1) is 19.3 Å². The molecule has 4 rings (SSSR count). The summed E-state index contributed by atoms with van der Waals surface area (Å²) < 4.78 is 10.6. The van der Waals surface area contributed by atoms with Gasteiger partial charge in [0, 0.05) is 5.92 Å². The van der Waals surface area contributed by atoms with Crippen molar-refractivity contribution in [2.45, 2.75) is 12.0 Å². The molecule has 2 aliphatic rings. The minimum absolute atomic E-state index is 0.0248. The average Bonchev–Trinajstić information content (AvgIpc) is 3.23. The second kappa shape index (κ2) is 6.80. The second-order valence-electron chi connectivity index (χ2n) is 6.56. The predicted octanol–water partition coefficient (Wildman–Crippen LogP) is 2.62. The number of carboxylic acid groups (broad SMARTS) is 1. The van der Waals surface area contributed by atoms with E-state index in [1.807, 2.05) is 36.4 Å². The van der Waals surface area contributed by atoms with E-state index in [2.05, 4.69) is 17.4 Å². The molecular weight excluding hydrogens is 334 g/mol. The normalized spacial score (nSPS) is 21.1. The third kappa shape index (κ3) is 2.93. The Labute approximate surface area is 150 Å². The summed E-state index contributed by atoms with van der Waals surface area (Å²) in [6, 6.07) is 15.6. The number of hydrogen-bond donors (Lipinski definition) is 2. The van der Waals surface area contributed by atoms with Crippen LogP contribution >= 0.6 is 0 Å². The fourth-order valence-corrected chi connectivity index (χ4v) is 3.73. The summed E-state index contributed by atoms with van der Waals surface area (Å²) in [5, 5.41) is 11.8. The van der Waals surface area contributed by atoms with Gasteiger partial charge in [0.1, 0.15) is 12.5 Å². The quantitative estimate of drug-likeness (QED) is 0.883. The Kier molecular flexibility index (Phi) is 4.34. The summed E-state index contributed by atoms with van der Waals surface area (Å²) in [4.78, 5) is 23.3. The Morgan fingerprint density at radius 3 is 2.27 bits per heavy atom. The van der Waals surface area contributed by atoms with Gasteiger partial charge >= 0.3 is 12.1 Å². The lowest BCUT2D eigenvalue weighted by atomic mass is 9.98. The van der Waals surface area contributed by atoms with Crippen LogP contribution in [0.15, 0.2) is 48.5 Å². The van der Waals surface area contributed by atoms with Crippen molar-refractivity contribution < 1.29 is 24.2 Å². The van der Waals surface area contributed by atoms with E-state index in [1.54, 1.807) is 0 Å². The number of benzene rings is 2. The van der Waals surface area contributed by atoms with Gasteiger partial charge < -0.3 is 19.9 Å². The maximum Gasteiger partial charge on any atom is 0.407 e. The SMILES string of the molecule is O=C(N[C@@H]1COC[C@@H]1C(=O)O)OCC1c2ccccc2-c2ccccc21. The lowest BCUT2D eigenvalue weighted by Gasteiger charge is -2.18. The van der Waals surface area contributed by atoms with Gasteiger partial charge in [-0.15, -0.1) is 0 Å². The van der Waals surface area contributed by atoms with Crippen LogP contribution in [0.4, 0.5) is 4.79 Å². The van der Waals surface area contributed by atoms with Gasteiger partial charge in [-0.25, -0.2) is 4.79 Å². The number of carboxylic acids is 1. The first-order valence-corrected chi connectivity index (χ1v) is 8.57. The van der Waals surface area contributed by atoms with E-state index >= 15 is 0 Å². The van der Waals surface area contributed by atoms with E-state index in [0.29, 0.717) is 0 Å². The molecule has 1 heterocycles. The molecule has 134 valence electrons. The number of nitrogens with one attached hydrogen (secondary N) is 1. The van der Waals surface area contributed by atoms with E-state index in [-0.39, 0.29) is 25.7 Å². The van der Waals surface area contributed by atoms with E-state index < -0.39 is 24.0 Å². The van der Waals surface area contributed by atoms with Crippen molar-refractivity contribution in [1.29, 1.82) is 0 Å². The number of aliphatic carboxylic acids is 1. The topological polar surface area (TPSA) is 84.9 Å². The van der Waals surface area contributed by atoms with Gasteiger partial charge in [-0.1, -0.05) is 48.5 Å². The van der Waals surface area contributed by atoms with Gasteiger partial charge in [0.2, 0.25) is 0 Å². The zero-order chi connectivity index (χ0) is 18.1. The first-order valence-electron chi connectivity index (χ1n) is 8.57. The van der Waals surface area contributed by atoms with Crippen molar-refractivity contribution in [1.82, 2.24) is 5.32 Å². The van der Waals surface area contributed by atoms with Crippen molar-refractivity contribution >= 4 is 12.1 Å². The van der Waals surface area contributed by atoms with Crippen LogP contribution in [-0.2, 0) is 14.3 Å². The highest BCUT2D eigenvalue weighted by atomic mass is 16.5. The molecule has 0 saturated carbocycles. The number of rotatable bonds is 4. The minimum atomic E-state index is -0.980. The number of carbonyl (C=O) groups excluding carboxylic acids is 1. The van der Waals surface area contributed by atoms with Crippen LogP contribution in [0, 0.1) is 5.92 Å². The standard InChI is InChI=1S/C20H19NO5/c22-19(23)17-9-25-11-18(17)21-20(24)26-10-16-14-7-3-1-5-12(14)13-6-2-4-8-15(13)16/h1-8,16-18H,9-11H2,(H,21,24)(H,22,23)/t17-,18+/m0/s1. The van der Waals surface area contributed by atoms with Crippen LogP contribution in [0.25, 0.3) is 11.1 Å². The van der Waals surface area contributed by atoms with Crippen LogP contribution < -0.4 is 5.32 Å². The summed E-state index contributed by atoms with van der Waals surface area (Å²) in [6.07, 6.45) is -0.617. The van der Waals surface area contributed by atoms with Crippen LogP contribution in [-0.4, -0.2) is 43.0 Å². The molecular formula is C20H19NO5. The molecule has 2 aromatic rings. The van der Waals surface area contributed by atoms with E-state index in [4.69, 9.17) is 14.6 Å². The fourth-order valence-electron chi connectivity index (χ4n) is 3.73. The molecule has 0 bridgehead atoms. The molecule has 1 aliphatic carbocycles. The third-order valence-corrected chi connectivity index (χ3v) is 5.04. The van der Waals surface area contributed by atoms with Crippen molar-refractivity contribution in [3.05, 3.63) is 59.7 Å². The van der Waals surface area contributed by atoms with Crippen LogP contribution in [0.5, 0.6) is 0 Å². The predicted molar refractivity (Wildman–Crippen MR) is 93.9 cm³/mol. The lowest BCUT2D eigenvalue weighted by molar-refractivity contribution is -0.142. The molecule has 2 atom stereocenters. The second-order valence-corrected chi connectivity index (χ2v) is 6.56. The average molecular weight is 353 g/mol. The number of carbonyl (C=O) groups is 2. The zero-order valence-electron chi connectivity index (χ0n) is 14.1. The van der Waals surface area contributed by atoms with Crippen LogP contribution in [0.1, 0.15) is 17.0 Å². The van der Waals surface area contributed by atoms with Crippen LogP contribution in [0.2, 0.25) is 0 Å². The first-order chi connectivity index (χ1) is 12.6. The van der Waals surface area contributed by atoms with Gasteiger partial charge in [-0.05, 0) is 22.3 Å². The number of amides is 1. The summed E-state index contributed by atoms with van der Waals surface area (Å²) in [6.45, 7) is 0.482. The zero-order valence-corrected chi connectivity index (χ0v) is 14.1. The van der Waals surface area contributed by atoms with E-state index in [1.165, 1.54) is 0 Å². The maximum absolute atomic E-state index is 12.2. The first kappa shape index (κ1) is 16.6. The number of ether oxygens (including phenoxy) is 2.